The molecule has 1 aliphatic rings. The average molecular weight is 527 g/mol. The van der Waals surface area contributed by atoms with Crippen molar-refractivity contribution in [1.29, 1.82) is 0 Å². The summed E-state index contributed by atoms with van der Waals surface area (Å²) in [5.74, 6) is 1.66. The highest BCUT2D eigenvalue weighted by molar-refractivity contribution is 14.0. The SMILES string of the molecule is CN=C(NCCCN(C(=O)OC(C)(C)C)C(C)C)N(C)CCC1CCOCC1.I. The summed E-state index contributed by atoms with van der Waals surface area (Å²) in [7, 11) is 3.89. The molecule has 0 bridgehead atoms. The molecule has 1 aliphatic heterocycles. The van der Waals surface area contributed by atoms with Crippen LogP contribution in [-0.4, -0.2) is 80.4 Å². The van der Waals surface area contributed by atoms with Crippen LogP contribution in [0.1, 0.15) is 60.3 Å². The Labute approximate surface area is 195 Å². The highest BCUT2D eigenvalue weighted by Crippen LogP contribution is 2.18. The molecule has 0 aliphatic carbocycles. The van der Waals surface area contributed by atoms with Gasteiger partial charge in [-0.3, -0.25) is 4.99 Å². The molecule has 0 unspecified atom stereocenters. The van der Waals surface area contributed by atoms with Gasteiger partial charge in [-0.15, -0.1) is 24.0 Å². The molecule has 0 radical (unpaired) electrons. The summed E-state index contributed by atoms with van der Waals surface area (Å²) < 4.78 is 10.9. The second kappa shape index (κ2) is 14.3. The van der Waals surface area contributed by atoms with Crippen molar-refractivity contribution in [2.75, 3.05) is 46.9 Å². The molecular formula is C21H43IN4O3. The molecule has 7 nitrogen and oxygen atoms in total. The molecule has 1 saturated heterocycles. The minimum Gasteiger partial charge on any atom is -0.444 e. The van der Waals surface area contributed by atoms with E-state index in [-0.39, 0.29) is 36.1 Å². The van der Waals surface area contributed by atoms with E-state index < -0.39 is 5.60 Å². The van der Waals surface area contributed by atoms with Gasteiger partial charge in [0.1, 0.15) is 5.60 Å². The van der Waals surface area contributed by atoms with Crippen LogP contribution in [0.15, 0.2) is 4.99 Å². The first-order valence-electron chi connectivity index (χ1n) is 10.6. The lowest BCUT2D eigenvalue weighted by Gasteiger charge is -2.30. The molecule has 0 saturated carbocycles. The van der Waals surface area contributed by atoms with Crippen LogP contribution in [0.4, 0.5) is 4.79 Å². The lowest BCUT2D eigenvalue weighted by molar-refractivity contribution is 0.0190. The number of amides is 1. The van der Waals surface area contributed by atoms with Crippen molar-refractivity contribution in [1.82, 2.24) is 15.1 Å². The van der Waals surface area contributed by atoms with Crippen LogP contribution in [0.2, 0.25) is 0 Å². The Balaban J connectivity index is 0.00000784. The fourth-order valence-electron chi connectivity index (χ4n) is 3.23. The largest absolute Gasteiger partial charge is 0.444 e. The van der Waals surface area contributed by atoms with Crippen molar-refractivity contribution < 1.29 is 14.3 Å². The van der Waals surface area contributed by atoms with Crippen LogP contribution in [0, 0.1) is 5.92 Å². The van der Waals surface area contributed by atoms with E-state index in [1.54, 1.807) is 4.90 Å². The van der Waals surface area contributed by atoms with Gasteiger partial charge in [-0.2, -0.15) is 0 Å². The van der Waals surface area contributed by atoms with Crippen molar-refractivity contribution in [3.8, 4) is 0 Å². The number of carbonyl (C=O) groups is 1. The van der Waals surface area contributed by atoms with E-state index in [0.717, 1.165) is 57.4 Å². The highest BCUT2D eigenvalue weighted by atomic mass is 127. The predicted molar refractivity (Wildman–Crippen MR) is 130 cm³/mol. The average Bonchev–Trinajstić information content (AvgIpc) is 2.61. The lowest BCUT2D eigenvalue weighted by atomic mass is 9.96. The number of halogens is 1. The molecule has 0 atom stereocenters. The molecule has 1 heterocycles. The molecule has 1 amide bonds. The topological polar surface area (TPSA) is 66.4 Å². The summed E-state index contributed by atoms with van der Waals surface area (Å²) in [5.41, 5.74) is -0.475. The number of hydrogen-bond donors (Lipinski definition) is 1. The Bertz CT molecular complexity index is 489. The van der Waals surface area contributed by atoms with Crippen LogP contribution < -0.4 is 5.32 Å². The second-order valence-electron chi connectivity index (χ2n) is 8.86. The molecule has 0 aromatic heterocycles. The maximum atomic E-state index is 12.4. The number of nitrogens with one attached hydrogen (secondary N) is 1. The van der Waals surface area contributed by atoms with Gasteiger partial charge in [0.05, 0.1) is 0 Å². The Morgan fingerprint density at radius 3 is 2.38 bits per heavy atom. The first kappa shape index (κ1) is 28.2. The quantitative estimate of drug-likeness (QED) is 0.225. The minimum absolute atomic E-state index is 0. The number of ether oxygens (including phenoxy) is 2. The number of carbonyl (C=O) groups excluding carboxylic acids is 1. The van der Waals surface area contributed by atoms with E-state index in [9.17, 15) is 4.79 Å². The fourth-order valence-corrected chi connectivity index (χ4v) is 3.23. The standard InChI is InChI=1S/C21H42N4O3.HI/c1-17(2)25(20(26)28-21(3,4)5)13-8-12-23-19(22-6)24(7)14-9-18-10-15-27-16-11-18;/h17-18H,8-16H2,1-7H3,(H,22,23);1H. The molecule has 1 rings (SSSR count). The van der Waals surface area contributed by atoms with Gasteiger partial charge in [-0.05, 0) is 66.2 Å². The van der Waals surface area contributed by atoms with Gasteiger partial charge in [0, 0.05) is 53.0 Å². The third kappa shape index (κ3) is 11.9. The summed E-state index contributed by atoms with van der Waals surface area (Å²) in [6, 6.07) is 0.108. The molecule has 0 aromatic rings. The first-order chi connectivity index (χ1) is 13.1. The van der Waals surface area contributed by atoms with Gasteiger partial charge >= 0.3 is 6.09 Å². The minimum atomic E-state index is -0.475. The third-order valence-corrected chi connectivity index (χ3v) is 4.90. The van der Waals surface area contributed by atoms with Crippen molar-refractivity contribution in [3.63, 3.8) is 0 Å². The van der Waals surface area contributed by atoms with Gasteiger partial charge in [0.25, 0.3) is 0 Å². The van der Waals surface area contributed by atoms with Crippen LogP contribution in [0.5, 0.6) is 0 Å². The fraction of sp³-hybridized carbons (Fsp3) is 0.905. The van der Waals surface area contributed by atoms with Crippen molar-refractivity contribution in [2.24, 2.45) is 10.9 Å². The number of nitrogens with zero attached hydrogens (tertiary/aromatic N) is 3. The zero-order chi connectivity index (χ0) is 21.2. The van der Waals surface area contributed by atoms with E-state index in [2.05, 4.69) is 22.3 Å². The van der Waals surface area contributed by atoms with Crippen LogP contribution in [-0.2, 0) is 9.47 Å². The Morgan fingerprint density at radius 1 is 1.24 bits per heavy atom. The van der Waals surface area contributed by atoms with Crippen LogP contribution in [0.3, 0.4) is 0 Å². The number of aliphatic imine (C=N–C) groups is 1. The lowest BCUT2D eigenvalue weighted by Crippen LogP contribution is -2.44. The maximum Gasteiger partial charge on any atom is 0.410 e. The molecule has 0 aromatic carbocycles. The van der Waals surface area contributed by atoms with Gasteiger partial charge in [0.15, 0.2) is 5.96 Å². The van der Waals surface area contributed by atoms with Gasteiger partial charge in [0.2, 0.25) is 0 Å². The first-order valence-corrected chi connectivity index (χ1v) is 10.6. The van der Waals surface area contributed by atoms with Gasteiger partial charge in [-0.1, -0.05) is 0 Å². The van der Waals surface area contributed by atoms with E-state index in [4.69, 9.17) is 9.47 Å². The van der Waals surface area contributed by atoms with Crippen LogP contribution >= 0.6 is 24.0 Å². The second-order valence-corrected chi connectivity index (χ2v) is 8.86. The van der Waals surface area contributed by atoms with Gasteiger partial charge < -0.3 is 24.6 Å². The van der Waals surface area contributed by atoms with Crippen molar-refractivity contribution >= 4 is 36.0 Å². The number of guanidine groups is 1. The zero-order valence-corrected chi connectivity index (χ0v) is 21.8. The van der Waals surface area contributed by atoms with E-state index >= 15 is 0 Å². The number of hydrogen-bond acceptors (Lipinski definition) is 4. The Hall–Kier alpha value is -0.770. The highest BCUT2D eigenvalue weighted by Gasteiger charge is 2.23. The smallest absolute Gasteiger partial charge is 0.410 e. The Kier molecular flexibility index (Phi) is 13.9. The van der Waals surface area contributed by atoms with E-state index in [0.29, 0.717) is 6.54 Å². The summed E-state index contributed by atoms with van der Waals surface area (Å²) in [5, 5.41) is 3.41. The summed E-state index contributed by atoms with van der Waals surface area (Å²) in [4.78, 5) is 20.7. The van der Waals surface area contributed by atoms with Gasteiger partial charge in [-0.25, -0.2) is 4.79 Å². The molecule has 1 N–H and O–H groups in total. The molecule has 1 fully saturated rings. The van der Waals surface area contributed by atoms with E-state index in [1.165, 1.54) is 6.42 Å². The monoisotopic (exact) mass is 526 g/mol. The van der Waals surface area contributed by atoms with Crippen molar-refractivity contribution in [2.45, 2.75) is 71.9 Å². The molecule has 172 valence electrons. The molecular weight excluding hydrogens is 483 g/mol. The summed E-state index contributed by atoms with van der Waals surface area (Å²) in [6.45, 7) is 13.9. The maximum absolute atomic E-state index is 12.4. The molecule has 0 spiro atoms. The third-order valence-electron chi connectivity index (χ3n) is 4.90. The normalized spacial score (nSPS) is 15.7. The van der Waals surface area contributed by atoms with Crippen LogP contribution in [0.25, 0.3) is 0 Å². The molecule has 8 heteroatoms. The Morgan fingerprint density at radius 2 is 1.86 bits per heavy atom. The van der Waals surface area contributed by atoms with E-state index in [1.807, 2.05) is 41.7 Å². The summed E-state index contributed by atoms with van der Waals surface area (Å²) >= 11 is 0. The molecule has 29 heavy (non-hydrogen) atoms. The van der Waals surface area contributed by atoms with Crippen molar-refractivity contribution in [3.05, 3.63) is 0 Å². The predicted octanol–water partition coefficient (Wildman–Crippen LogP) is 3.96. The number of rotatable bonds is 8. The zero-order valence-electron chi connectivity index (χ0n) is 19.5. The summed E-state index contributed by atoms with van der Waals surface area (Å²) in [6.07, 6.45) is 4.08.